The van der Waals surface area contributed by atoms with Crippen molar-refractivity contribution in [2.45, 2.75) is 39.0 Å². The van der Waals surface area contributed by atoms with Gasteiger partial charge in [-0.3, -0.25) is 4.57 Å². The van der Waals surface area contributed by atoms with Crippen molar-refractivity contribution < 1.29 is 9.46 Å². The molecule has 2 nitrogen and oxygen atoms in total. The zero-order chi connectivity index (χ0) is 7.65. The van der Waals surface area contributed by atoms with Gasteiger partial charge in [-0.05, 0) is 0 Å². The molecule has 60 valence electrons. The van der Waals surface area contributed by atoms with Crippen molar-refractivity contribution in [3.8, 4) is 0 Å². The lowest BCUT2D eigenvalue weighted by Gasteiger charge is -2.18. The second-order valence-corrected chi connectivity index (χ2v) is 6.27. The van der Waals surface area contributed by atoms with Gasteiger partial charge in [-0.25, -0.2) is 0 Å². The maximum atomic E-state index is 11.2. The van der Waals surface area contributed by atoms with Crippen molar-refractivity contribution in [2.75, 3.05) is 0 Å². The topological polar surface area (TPSA) is 37.3 Å². The van der Waals surface area contributed by atoms with Crippen molar-refractivity contribution in [3.05, 3.63) is 0 Å². The van der Waals surface area contributed by atoms with Crippen molar-refractivity contribution in [3.63, 3.8) is 0 Å². The molecule has 0 spiro atoms. The first-order chi connectivity index (χ1) is 3.89. The Balaban J connectivity index is 0. The molecule has 4 heteroatoms. The van der Waals surface area contributed by atoms with Gasteiger partial charge in [0.1, 0.15) is 0 Å². The van der Waals surface area contributed by atoms with E-state index in [9.17, 15) is 9.46 Å². The average Bonchev–Trinajstić information content (AvgIpc) is 1.65. The predicted octanol–water partition coefficient (Wildman–Crippen LogP) is 1.16. The van der Waals surface area contributed by atoms with Crippen LogP contribution in [0.4, 0.5) is 0 Å². The van der Waals surface area contributed by atoms with Crippen molar-refractivity contribution in [2.24, 2.45) is 0 Å². The molecule has 0 unspecified atom stereocenters. The Morgan fingerprint density at radius 3 is 1.30 bits per heavy atom. The molecule has 0 saturated carbocycles. The van der Waals surface area contributed by atoms with Crippen LogP contribution in [0.1, 0.15) is 27.7 Å². The van der Waals surface area contributed by atoms with E-state index in [1.54, 1.807) is 27.7 Å². The molecular formula is C6H17MgO2P. The first-order valence-electron chi connectivity index (χ1n) is 3.21. The van der Waals surface area contributed by atoms with E-state index in [1.807, 2.05) is 0 Å². The van der Waals surface area contributed by atoms with Crippen LogP contribution in [0.15, 0.2) is 0 Å². The lowest BCUT2D eigenvalue weighted by molar-refractivity contribution is 0.459. The molecule has 0 aliphatic rings. The van der Waals surface area contributed by atoms with Gasteiger partial charge in [-0.1, -0.05) is 27.7 Å². The molecule has 0 aromatic heterocycles. The minimum absolute atomic E-state index is 0. The number of rotatable bonds is 2. The van der Waals surface area contributed by atoms with Gasteiger partial charge in [0.15, 0.2) is 0 Å². The normalized spacial score (nSPS) is 11.9. The second-order valence-electron chi connectivity index (χ2n) is 2.86. The highest BCUT2D eigenvalue weighted by atomic mass is 31.2. The fraction of sp³-hybridized carbons (Fsp3) is 1.00. The minimum Gasteiger partial charge on any atom is -0.344 e. The van der Waals surface area contributed by atoms with E-state index in [0.29, 0.717) is 0 Å². The van der Waals surface area contributed by atoms with Crippen LogP contribution in [0.3, 0.4) is 0 Å². The molecule has 0 rings (SSSR count). The predicted molar refractivity (Wildman–Crippen MR) is 48.6 cm³/mol. The zero-order valence-corrected chi connectivity index (χ0v) is 7.35. The average molecular weight is 176 g/mol. The fourth-order valence-corrected chi connectivity index (χ4v) is 1.79. The van der Waals surface area contributed by atoms with Gasteiger partial charge >= 0.3 is 23.1 Å². The molecule has 1 N–H and O–H groups in total. The monoisotopic (exact) mass is 176 g/mol. The molecular weight excluding hydrogens is 159 g/mol. The highest BCUT2D eigenvalue weighted by Crippen LogP contribution is 2.50. The van der Waals surface area contributed by atoms with E-state index in [4.69, 9.17) is 0 Å². The molecule has 0 aromatic rings. The van der Waals surface area contributed by atoms with Crippen LogP contribution >= 0.6 is 7.37 Å². The highest BCUT2D eigenvalue weighted by Gasteiger charge is 2.26. The lowest BCUT2D eigenvalue weighted by Crippen LogP contribution is -2.06. The minimum atomic E-state index is -2.84. The maximum absolute atomic E-state index is 11.2. The van der Waals surface area contributed by atoms with E-state index in [-0.39, 0.29) is 34.4 Å². The molecule has 0 heterocycles. The Kier molecular flexibility index (Phi) is 6.44. The van der Waals surface area contributed by atoms with E-state index >= 15 is 0 Å². The summed E-state index contributed by atoms with van der Waals surface area (Å²) in [4.78, 5) is 9.22. The molecule has 0 saturated heterocycles. The molecule has 0 bridgehead atoms. The largest absolute Gasteiger partial charge is 0.344 e. The number of hydrogen-bond donors (Lipinski definition) is 1. The summed E-state index contributed by atoms with van der Waals surface area (Å²) in [6.07, 6.45) is 0. The summed E-state index contributed by atoms with van der Waals surface area (Å²) in [5.74, 6) is 0. The van der Waals surface area contributed by atoms with Gasteiger partial charge in [0, 0.05) is 11.3 Å². The maximum Gasteiger partial charge on any atom is 0.316 e. The Bertz CT molecular complexity index is 122. The van der Waals surface area contributed by atoms with Crippen LogP contribution in [-0.2, 0) is 4.57 Å². The first kappa shape index (κ1) is 13.5. The molecule has 0 fully saturated rings. The van der Waals surface area contributed by atoms with Gasteiger partial charge in [0.2, 0.25) is 7.37 Å². The Hall–Kier alpha value is 0.956. The summed E-state index contributed by atoms with van der Waals surface area (Å²) in [7, 11) is -2.84. The molecule has 0 aromatic carbocycles. The summed E-state index contributed by atoms with van der Waals surface area (Å²) >= 11 is 0. The van der Waals surface area contributed by atoms with E-state index in [0.717, 1.165) is 0 Å². The van der Waals surface area contributed by atoms with Crippen LogP contribution in [0.5, 0.6) is 0 Å². The summed E-state index contributed by atoms with van der Waals surface area (Å²) in [5, 5.41) is 0. The second kappa shape index (κ2) is 4.76. The van der Waals surface area contributed by atoms with Gasteiger partial charge in [0.25, 0.3) is 0 Å². The third-order valence-electron chi connectivity index (χ3n) is 1.48. The molecule has 0 amide bonds. The quantitative estimate of drug-likeness (QED) is 0.506. The zero-order valence-electron chi connectivity index (χ0n) is 6.46. The van der Waals surface area contributed by atoms with Crippen LogP contribution in [0.2, 0.25) is 0 Å². The van der Waals surface area contributed by atoms with Gasteiger partial charge in [0.05, 0.1) is 0 Å². The third kappa shape index (κ3) is 3.38. The molecule has 0 aliphatic heterocycles. The molecule has 10 heavy (non-hydrogen) atoms. The fourth-order valence-electron chi connectivity index (χ4n) is 0.596. The highest BCUT2D eigenvalue weighted by molar-refractivity contribution is 7.59. The number of hydrogen-bond acceptors (Lipinski definition) is 1. The molecule has 0 radical (unpaired) electrons. The van der Waals surface area contributed by atoms with Crippen molar-refractivity contribution >= 4 is 30.4 Å². The van der Waals surface area contributed by atoms with Gasteiger partial charge in [-0.2, -0.15) is 0 Å². The van der Waals surface area contributed by atoms with Gasteiger partial charge in [-0.15, -0.1) is 0 Å². The van der Waals surface area contributed by atoms with E-state index in [2.05, 4.69) is 0 Å². The summed E-state index contributed by atoms with van der Waals surface area (Å²) in [6, 6.07) is 0. The molecule has 0 atom stereocenters. The molecule has 0 aliphatic carbocycles. The lowest BCUT2D eigenvalue weighted by atomic mass is 10.5. The SMILES string of the molecule is CC(C)P(=O)(O)C(C)C.[MgH2]. The van der Waals surface area contributed by atoms with Crippen LogP contribution in [-0.4, -0.2) is 39.3 Å². The van der Waals surface area contributed by atoms with Crippen molar-refractivity contribution in [1.29, 1.82) is 0 Å². The van der Waals surface area contributed by atoms with E-state index in [1.165, 1.54) is 0 Å². The summed E-state index contributed by atoms with van der Waals surface area (Å²) in [6.45, 7) is 7.11. The van der Waals surface area contributed by atoms with Crippen LogP contribution < -0.4 is 0 Å². The summed E-state index contributed by atoms with van der Waals surface area (Å²) < 4.78 is 11.2. The van der Waals surface area contributed by atoms with Crippen molar-refractivity contribution in [1.82, 2.24) is 0 Å². The van der Waals surface area contributed by atoms with Crippen LogP contribution in [0.25, 0.3) is 0 Å². The first-order valence-corrected chi connectivity index (χ1v) is 5.01. The Morgan fingerprint density at radius 1 is 1.10 bits per heavy atom. The smallest absolute Gasteiger partial charge is 0.316 e. The standard InChI is InChI=1S/C6H15O2P.Mg.2H/c1-5(2)9(7,8)6(3)4;;;/h5-6H,1-4H3,(H,7,8);;;. The summed E-state index contributed by atoms with van der Waals surface area (Å²) in [5.41, 5.74) is -0.199. The van der Waals surface area contributed by atoms with E-state index < -0.39 is 7.37 Å². The van der Waals surface area contributed by atoms with Crippen LogP contribution in [0, 0.1) is 0 Å². The third-order valence-corrected chi connectivity index (χ3v) is 4.44. The Morgan fingerprint density at radius 2 is 1.30 bits per heavy atom. The Labute approximate surface area is 79.0 Å². The van der Waals surface area contributed by atoms with Gasteiger partial charge < -0.3 is 4.89 Å².